The van der Waals surface area contributed by atoms with Gasteiger partial charge in [-0.25, -0.2) is 4.98 Å². The fourth-order valence-electron chi connectivity index (χ4n) is 5.18. The Hall–Kier alpha value is -4.38. The van der Waals surface area contributed by atoms with E-state index in [9.17, 15) is 41.0 Å². The van der Waals surface area contributed by atoms with Crippen LogP contribution >= 0.6 is 11.3 Å². The molecule has 4 aromatic rings. The zero-order valence-electron chi connectivity index (χ0n) is 24.0. The Morgan fingerprint density at radius 2 is 1.91 bits per heavy atom. The number of benzene rings is 1. The molecule has 4 heterocycles. The van der Waals surface area contributed by atoms with E-state index in [0.717, 1.165) is 24.3 Å². The first-order valence-electron chi connectivity index (χ1n) is 13.8. The van der Waals surface area contributed by atoms with E-state index in [1.165, 1.54) is 26.2 Å². The molecule has 1 aliphatic heterocycles. The van der Waals surface area contributed by atoms with Crippen LogP contribution in [0.1, 0.15) is 52.3 Å². The van der Waals surface area contributed by atoms with Gasteiger partial charge in [0.15, 0.2) is 0 Å². The zero-order chi connectivity index (χ0) is 33.4. The van der Waals surface area contributed by atoms with Gasteiger partial charge in [-0.2, -0.15) is 31.4 Å². The van der Waals surface area contributed by atoms with Crippen molar-refractivity contribution < 1.29 is 50.5 Å². The van der Waals surface area contributed by atoms with E-state index in [-0.39, 0.29) is 45.6 Å². The van der Waals surface area contributed by atoms with Crippen LogP contribution in [0, 0.1) is 0 Å². The van der Waals surface area contributed by atoms with Gasteiger partial charge in [-0.05, 0) is 44.0 Å². The Morgan fingerprint density at radius 1 is 1.20 bits per heavy atom. The molecule has 0 radical (unpaired) electrons. The highest BCUT2D eigenvalue weighted by molar-refractivity contribution is 7.10. The number of rotatable bonds is 8. The number of aliphatic hydroxyl groups is 1. The maximum Gasteiger partial charge on any atom is 0.425 e. The third-order valence-corrected chi connectivity index (χ3v) is 9.14. The first-order valence-corrected chi connectivity index (χ1v) is 14.6. The van der Waals surface area contributed by atoms with Crippen molar-refractivity contribution in [2.24, 2.45) is 5.73 Å². The predicted octanol–water partition coefficient (Wildman–Crippen LogP) is 4.84. The van der Waals surface area contributed by atoms with E-state index in [4.69, 9.17) is 15.2 Å². The van der Waals surface area contributed by atoms with E-state index in [2.05, 4.69) is 15.4 Å². The van der Waals surface area contributed by atoms with Gasteiger partial charge in [0.05, 0.1) is 25.4 Å². The van der Waals surface area contributed by atoms with E-state index in [0.29, 0.717) is 17.0 Å². The number of carbonyl (C=O) groups is 2. The van der Waals surface area contributed by atoms with Gasteiger partial charge in [-0.3, -0.25) is 14.3 Å². The average Bonchev–Trinajstić information content (AvgIpc) is 3.38. The summed E-state index contributed by atoms with van der Waals surface area (Å²) >= 11 is 0.274. The average molecular weight is 670 g/mol. The van der Waals surface area contributed by atoms with Gasteiger partial charge in [0.2, 0.25) is 11.5 Å². The lowest BCUT2D eigenvalue weighted by Crippen LogP contribution is -2.51. The molecule has 1 saturated carbocycles. The van der Waals surface area contributed by atoms with Crippen LogP contribution in [0.5, 0.6) is 11.5 Å². The molecule has 1 aliphatic carbocycles. The van der Waals surface area contributed by atoms with Crippen molar-refractivity contribution in [2.75, 3.05) is 20.3 Å². The molecule has 2 amide bonds. The van der Waals surface area contributed by atoms with Gasteiger partial charge < -0.3 is 25.6 Å². The summed E-state index contributed by atoms with van der Waals surface area (Å²) in [7, 11) is 1.35. The van der Waals surface area contributed by atoms with Crippen LogP contribution in [0.25, 0.3) is 22.2 Å². The molecule has 2 aliphatic rings. The number of ether oxygens (including phenoxy) is 2. The molecule has 0 spiro atoms. The van der Waals surface area contributed by atoms with Crippen molar-refractivity contribution in [3.63, 3.8) is 0 Å². The van der Waals surface area contributed by atoms with Crippen LogP contribution in [0.3, 0.4) is 0 Å². The number of nitrogens with zero attached hydrogens (tertiary/aromatic N) is 3. The minimum atomic E-state index is -5.47. The molecule has 3 aromatic heterocycles. The lowest BCUT2D eigenvalue weighted by atomic mass is 9.82. The second kappa shape index (κ2) is 10.6. The SMILES string of the molecule is COc1cc(C(=O)NCC(O)(c2cc3c(c(-c4csc(C(F)(F)F)c4)n2)OC[C@]3(C)C(N)=O)C(F)(F)F)cc2cn(C3CC3)nc12. The van der Waals surface area contributed by atoms with Gasteiger partial charge in [0, 0.05) is 33.7 Å². The van der Waals surface area contributed by atoms with Crippen LogP contribution in [0.2, 0.25) is 0 Å². The van der Waals surface area contributed by atoms with E-state index in [1.54, 1.807) is 10.9 Å². The predicted molar refractivity (Wildman–Crippen MR) is 151 cm³/mol. The molecule has 10 nitrogen and oxygen atoms in total. The fraction of sp³-hybridized carbons (Fsp3) is 0.379. The Bertz CT molecular complexity index is 1880. The number of nitrogens with one attached hydrogen (secondary N) is 1. The number of thiophene rings is 1. The van der Waals surface area contributed by atoms with Crippen molar-refractivity contribution in [3.05, 3.63) is 57.5 Å². The van der Waals surface area contributed by atoms with Gasteiger partial charge in [0.25, 0.3) is 5.91 Å². The molecule has 46 heavy (non-hydrogen) atoms. The number of pyridine rings is 1. The Morgan fingerprint density at radius 3 is 2.50 bits per heavy atom. The first-order chi connectivity index (χ1) is 21.5. The molecule has 6 rings (SSSR count). The Labute approximate surface area is 260 Å². The number of fused-ring (bicyclic) bond motifs is 2. The van der Waals surface area contributed by atoms with Crippen LogP contribution in [0.15, 0.2) is 35.8 Å². The van der Waals surface area contributed by atoms with E-state index < -0.39 is 64.6 Å². The molecule has 17 heteroatoms. The zero-order valence-corrected chi connectivity index (χ0v) is 24.9. The summed E-state index contributed by atoms with van der Waals surface area (Å²) in [4.78, 5) is 28.5. The first kappa shape index (κ1) is 31.6. The van der Waals surface area contributed by atoms with Crippen LogP contribution in [-0.4, -0.2) is 58.1 Å². The van der Waals surface area contributed by atoms with E-state index >= 15 is 0 Å². The molecular formula is C29H25F6N5O5S. The highest BCUT2D eigenvalue weighted by Crippen LogP contribution is 2.49. The highest BCUT2D eigenvalue weighted by Gasteiger charge is 2.58. The minimum absolute atomic E-state index is 0.0838. The van der Waals surface area contributed by atoms with Crippen molar-refractivity contribution in [1.82, 2.24) is 20.1 Å². The molecule has 1 fully saturated rings. The number of amides is 2. The lowest BCUT2D eigenvalue weighted by Gasteiger charge is -2.31. The standard InChI is InChI=1S/C29H25F6N5O5S/c1-26(25(36)42)12-45-23-17(26)8-19(38-22(23)15-7-20(46-10-15)28(30,31)32)27(43,29(33,34)35)11-37-24(41)13-5-14-9-40(16-3-4-16)39-21(14)18(6-13)44-2/h5-10,16,43H,3-4,11-12H2,1-2H3,(H2,36,42)(H,37,41)/t26-,27?/m0/s1. The molecule has 2 atom stereocenters. The smallest absolute Gasteiger partial charge is 0.425 e. The third-order valence-electron chi connectivity index (χ3n) is 8.16. The molecule has 4 N–H and O–H groups in total. The highest BCUT2D eigenvalue weighted by atomic mass is 32.1. The summed E-state index contributed by atoms with van der Waals surface area (Å²) in [5, 5.41) is 19.3. The number of alkyl halides is 6. The number of hydrogen-bond donors (Lipinski definition) is 3. The quantitative estimate of drug-likeness (QED) is 0.228. The summed E-state index contributed by atoms with van der Waals surface area (Å²) in [5.74, 6) is -2.04. The maximum atomic E-state index is 14.7. The number of aromatic nitrogens is 3. The van der Waals surface area contributed by atoms with Crippen molar-refractivity contribution in [2.45, 2.75) is 49.2 Å². The summed E-state index contributed by atoms with van der Waals surface area (Å²) in [6, 6.07) is 4.36. The van der Waals surface area contributed by atoms with Crippen molar-refractivity contribution in [1.29, 1.82) is 0 Å². The summed E-state index contributed by atoms with van der Waals surface area (Å²) in [5.41, 5.74) is -1.70. The lowest BCUT2D eigenvalue weighted by molar-refractivity contribution is -0.265. The Balaban J connectivity index is 1.40. The van der Waals surface area contributed by atoms with Crippen LogP contribution in [-0.2, 0) is 22.0 Å². The normalized spacial score (nSPS) is 19.4. The summed E-state index contributed by atoms with van der Waals surface area (Å²) in [6.45, 7) is -0.602. The van der Waals surface area contributed by atoms with Crippen LogP contribution < -0.4 is 20.5 Å². The van der Waals surface area contributed by atoms with Gasteiger partial charge in [-0.1, -0.05) is 0 Å². The van der Waals surface area contributed by atoms with Crippen molar-refractivity contribution >= 4 is 34.1 Å². The van der Waals surface area contributed by atoms with E-state index in [1.807, 2.05) is 0 Å². The number of primary amides is 1. The summed E-state index contributed by atoms with van der Waals surface area (Å²) in [6.07, 6.45) is -6.68. The third kappa shape index (κ3) is 5.20. The molecule has 1 aromatic carbocycles. The van der Waals surface area contributed by atoms with Crippen molar-refractivity contribution in [3.8, 4) is 22.8 Å². The Kier molecular flexibility index (Phi) is 7.27. The molecular weight excluding hydrogens is 644 g/mol. The second-order valence-electron chi connectivity index (χ2n) is 11.4. The monoisotopic (exact) mass is 669 g/mol. The minimum Gasteiger partial charge on any atom is -0.494 e. The molecule has 0 saturated heterocycles. The maximum absolute atomic E-state index is 14.7. The second-order valence-corrected chi connectivity index (χ2v) is 12.3. The topological polar surface area (TPSA) is 142 Å². The largest absolute Gasteiger partial charge is 0.494 e. The number of hydrogen-bond acceptors (Lipinski definition) is 8. The molecule has 244 valence electrons. The number of methoxy groups -OCH3 is 1. The summed E-state index contributed by atoms with van der Waals surface area (Å²) < 4.78 is 96.9. The fourth-order valence-corrected chi connectivity index (χ4v) is 5.95. The molecule has 0 bridgehead atoms. The van der Waals surface area contributed by atoms with Crippen LogP contribution in [0.4, 0.5) is 26.3 Å². The molecule has 1 unspecified atom stereocenters. The number of carbonyl (C=O) groups excluding carboxylic acids is 2. The van der Waals surface area contributed by atoms with Gasteiger partial charge in [-0.15, -0.1) is 11.3 Å². The number of halogens is 6. The van der Waals surface area contributed by atoms with Gasteiger partial charge >= 0.3 is 12.4 Å². The number of nitrogens with two attached hydrogens (primary N) is 1. The van der Waals surface area contributed by atoms with Gasteiger partial charge in [0.1, 0.15) is 39.6 Å².